The second-order valence-electron chi connectivity index (χ2n) is 3.62. The zero-order chi connectivity index (χ0) is 11.4. The fraction of sp³-hybridized carbons (Fsp3) is 0.273. The van der Waals surface area contributed by atoms with Gasteiger partial charge in [-0.25, -0.2) is 4.98 Å². The van der Waals surface area contributed by atoms with E-state index in [4.69, 9.17) is 11.6 Å². The summed E-state index contributed by atoms with van der Waals surface area (Å²) in [4.78, 5) is 4.02. The molecule has 0 saturated carbocycles. The topological polar surface area (TPSA) is 53.6 Å². The van der Waals surface area contributed by atoms with E-state index in [1.165, 1.54) is 6.33 Å². The molecule has 0 atom stereocenters. The van der Waals surface area contributed by atoms with Crippen LogP contribution in [0.3, 0.4) is 0 Å². The molecule has 0 aliphatic carbocycles. The minimum absolute atomic E-state index is 0.672. The molecule has 84 valence electrons. The Morgan fingerprint density at radius 1 is 1.38 bits per heavy atom. The summed E-state index contributed by atoms with van der Waals surface area (Å²) in [7, 11) is 0. The first-order chi connectivity index (χ1) is 7.75. The van der Waals surface area contributed by atoms with Crippen molar-refractivity contribution in [1.82, 2.24) is 20.5 Å². The second-order valence-corrected chi connectivity index (χ2v) is 4.03. The van der Waals surface area contributed by atoms with Gasteiger partial charge in [-0.2, -0.15) is 5.10 Å². The molecule has 2 rings (SSSR count). The normalized spacial score (nSPS) is 10.6. The van der Waals surface area contributed by atoms with Crippen LogP contribution in [-0.2, 0) is 13.1 Å². The molecule has 1 aromatic carbocycles. The first-order valence-corrected chi connectivity index (χ1v) is 5.43. The van der Waals surface area contributed by atoms with E-state index in [2.05, 4.69) is 26.6 Å². The maximum Gasteiger partial charge on any atom is 0.138 e. The molecular formula is C11H13ClN4. The van der Waals surface area contributed by atoms with Crippen molar-refractivity contribution in [2.75, 3.05) is 0 Å². The molecule has 4 nitrogen and oxygen atoms in total. The van der Waals surface area contributed by atoms with Crippen LogP contribution in [0.1, 0.15) is 17.0 Å². The highest BCUT2D eigenvalue weighted by molar-refractivity contribution is 6.31. The molecule has 0 fully saturated rings. The van der Waals surface area contributed by atoms with Crippen molar-refractivity contribution < 1.29 is 0 Å². The summed E-state index contributed by atoms with van der Waals surface area (Å²) in [5.41, 5.74) is 2.26. The molecule has 1 aromatic heterocycles. The number of aryl methyl sites for hydroxylation is 1. The third kappa shape index (κ3) is 2.81. The Bertz CT molecular complexity index is 453. The number of nitrogens with one attached hydrogen (secondary N) is 2. The monoisotopic (exact) mass is 236 g/mol. The average molecular weight is 237 g/mol. The summed E-state index contributed by atoms with van der Waals surface area (Å²) in [6.07, 6.45) is 1.50. The second kappa shape index (κ2) is 5.09. The number of halogens is 1. The number of benzene rings is 1. The van der Waals surface area contributed by atoms with Gasteiger partial charge in [-0.15, -0.1) is 0 Å². The van der Waals surface area contributed by atoms with Crippen molar-refractivity contribution in [3.8, 4) is 0 Å². The molecule has 0 saturated heterocycles. The Balaban J connectivity index is 1.87. The number of hydrogen-bond acceptors (Lipinski definition) is 3. The number of nitrogens with zero attached hydrogens (tertiary/aromatic N) is 2. The van der Waals surface area contributed by atoms with Crippen molar-refractivity contribution in [2.24, 2.45) is 0 Å². The van der Waals surface area contributed by atoms with Gasteiger partial charge in [0.2, 0.25) is 0 Å². The third-order valence-corrected chi connectivity index (χ3v) is 2.73. The molecule has 0 spiro atoms. The Kier molecular flexibility index (Phi) is 3.54. The third-order valence-electron chi connectivity index (χ3n) is 2.32. The van der Waals surface area contributed by atoms with Gasteiger partial charge in [0.05, 0.1) is 6.54 Å². The van der Waals surface area contributed by atoms with Crippen LogP contribution in [0.5, 0.6) is 0 Å². The summed E-state index contributed by atoms with van der Waals surface area (Å²) < 4.78 is 0. The maximum atomic E-state index is 6.04. The maximum absolute atomic E-state index is 6.04. The minimum atomic E-state index is 0.672. The highest BCUT2D eigenvalue weighted by Gasteiger charge is 1.99. The molecule has 1 heterocycles. The van der Waals surface area contributed by atoms with Crippen LogP contribution in [0, 0.1) is 6.92 Å². The summed E-state index contributed by atoms with van der Waals surface area (Å²) in [5.74, 6) is 0.832. The van der Waals surface area contributed by atoms with Crippen LogP contribution in [0.2, 0.25) is 5.02 Å². The van der Waals surface area contributed by atoms with E-state index in [9.17, 15) is 0 Å². The molecule has 0 radical (unpaired) electrons. The lowest BCUT2D eigenvalue weighted by Gasteiger charge is -2.04. The van der Waals surface area contributed by atoms with Crippen molar-refractivity contribution in [1.29, 1.82) is 0 Å². The van der Waals surface area contributed by atoms with Gasteiger partial charge in [0.1, 0.15) is 12.2 Å². The molecule has 0 aliphatic rings. The van der Waals surface area contributed by atoms with E-state index in [1.807, 2.05) is 19.1 Å². The lowest BCUT2D eigenvalue weighted by Crippen LogP contribution is -2.13. The van der Waals surface area contributed by atoms with Crippen molar-refractivity contribution in [3.05, 3.63) is 46.5 Å². The van der Waals surface area contributed by atoms with Crippen LogP contribution in [0.4, 0.5) is 0 Å². The largest absolute Gasteiger partial charge is 0.306 e. The first-order valence-electron chi connectivity index (χ1n) is 5.05. The predicted octanol–water partition coefficient (Wildman–Crippen LogP) is 2.06. The zero-order valence-electron chi connectivity index (χ0n) is 9.00. The molecule has 0 aliphatic heterocycles. The Labute approximate surface area is 99.1 Å². The fourth-order valence-electron chi connectivity index (χ4n) is 1.39. The quantitative estimate of drug-likeness (QED) is 0.855. The van der Waals surface area contributed by atoms with Gasteiger partial charge in [-0.05, 0) is 24.1 Å². The van der Waals surface area contributed by atoms with Crippen molar-refractivity contribution in [2.45, 2.75) is 20.0 Å². The van der Waals surface area contributed by atoms with E-state index in [-0.39, 0.29) is 0 Å². The lowest BCUT2D eigenvalue weighted by molar-refractivity contribution is 0.665. The summed E-state index contributed by atoms with van der Waals surface area (Å²) in [6, 6.07) is 6.06. The Morgan fingerprint density at radius 2 is 2.25 bits per heavy atom. The molecule has 16 heavy (non-hydrogen) atoms. The lowest BCUT2D eigenvalue weighted by atomic mass is 10.1. The van der Waals surface area contributed by atoms with E-state index in [1.54, 1.807) is 0 Å². The number of H-pyrrole nitrogens is 1. The van der Waals surface area contributed by atoms with Crippen LogP contribution >= 0.6 is 11.6 Å². The Morgan fingerprint density at radius 3 is 2.94 bits per heavy atom. The van der Waals surface area contributed by atoms with Gasteiger partial charge in [0.15, 0.2) is 0 Å². The smallest absolute Gasteiger partial charge is 0.138 e. The van der Waals surface area contributed by atoms with E-state index in [0.717, 1.165) is 28.5 Å². The highest BCUT2D eigenvalue weighted by Crippen LogP contribution is 2.16. The van der Waals surface area contributed by atoms with Gasteiger partial charge in [0.25, 0.3) is 0 Å². The minimum Gasteiger partial charge on any atom is -0.306 e. The van der Waals surface area contributed by atoms with E-state index in [0.29, 0.717) is 6.54 Å². The van der Waals surface area contributed by atoms with Gasteiger partial charge in [-0.1, -0.05) is 23.7 Å². The van der Waals surface area contributed by atoms with Crippen LogP contribution in [0.25, 0.3) is 0 Å². The van der Waals surface area contributed by atoms with Crippen molar-refractivity contribution >= 4 is 11.6 Å². The molecule has 2 N–H and O–H groups in total. The first kappa shape index (κ1) is 11.1. The fourth-order valence-corrected chi connectivity index (χ4v) is 1.59. The van der Waals surface area contributed by atoms with E-state index < -0.39 is 0 Å². The standard InChI is InChI=1S/C11H13ClN4/c1-8-2-3-9(4-10(8)12)5-13-6-11-14-7-15-16-11/h2-4,7,13H,5-6H2,1H3,(H,14,15,16). The summed E-state index contributed by atoms with van der Waals surface area (Å²) in [6.45, 7) is 3.43. The average Bonchev–Trinajstić information content (AvgIpc) is 2.76. The highest BCUT2D eigenvalue weighted by atomic mass is 35.5. The van der Waals surface area contributed by atoms with Gasteiger partial charge >= 0.3 is 0 Å². The SMILES string of the molecule is Cc1ccc(CNCc2ncn[nH]2)cc1Cl. The van der Waals surface area contributed by atoms with Gasteiger partial charge in [0, 0.05) is 11.6 Å². The molecule has 0 amide bonds. The van der Waals surface area contributed by atoms with Crippen LogP contribution in [-0.4, -0.2) is 15.2 Å². The van der Waals surface area contributed by atoms with Crippen LogP contribution < -0.4 is 5.32 Å². The number of rotatable bonds is 4. The summed E-state index contributed by atoms with van der Waals surface area (Å²) in [5, 5.41) is 10.6. The predicted molar refractivity (Wildman–Crippen MR) is 63.1 cm³/mol. The van der Waals surface area contributed by atoms with Crippen LogP contribution in [0.15, 0.2) is 24.5 Å². The van der Waals surface area contributed by atoms with Gasteiger partial charge in [-0.3, -0.25) is 5.10 Å². The van der Waals surface area contributed by atoms with E-state index >= 15 is 0 Å². The number of aromatic nitrogens is 3. The van der Waals surface area contributed by atoms with Crippen molar-refractivity contribution in [3.63, 3.8) is 0 Å². The number of aromatic amines is 1. The van der Waals surface area contributed by atoms with Gasteiger partial charge < -0.3 is 5.32 Å². The molecule has 0 bridgehead atoms. The molecule has 5 heteroatoms. The molecule has 0 unspecified atom stereocenters. The molecular weight excluding hydrogens is 224 g/mol. The zero-order valence-corrected chi connectivity index (χ0v) is 9.75. The number of hydrogen-bond donors (Lipinski definition) is 2. The molecule has 2 aromatic rings. The Hall–Kier alpha value is -1.39. The summed E-state index contributed by atoms with van der Waals surface area (Å²) >= 11 is 6.04.